The molecule has 0 bridgehead atoms. The van der Waals surface area contributed by atoms with Gasteiger partial charge in [0.05, 0.1) is 12.8 Å². The summed E-state index contributed by atoms with van der Waals surface area (Å²) >= 11 is 0. The average Bonchev–Trinajstić information content (AvgIpc) is 3.09. The predicted octanol–water partition coefficient (Wildman–Crippen LogP) is 3.35. The molecule has 0 saturated heterocycles. The van der Waals surface area contributed by atoms with Crippen molar-refractivity contribution in [3.8, 4) is 22.9 Å². The number of H-pyrrole nitrogens is 1. The van der Waals surface area contributed by atoms with Gasteiger partial charge >= 0.3 is 0 Å². The van der Waals surface area contributed by atoms with Gasteiger partial charge in [-0.1, -0.05) is 30.3 Å². The number of rotatable bonds is 6. The van der Waals surface area contributed by atoms with Crippen molar-refractivity contribution >= 4 is 5.78 Å². The second kappa shape index (κ2) is 6.79. The molecule has 1 aromatic heterocycles. The van der Waals surface area contributed by atoms with Crippen molar-refractivity contribution in [1.29, 1.82) is 0 Å². The third-order valence-corrected chi connectivity index (χ3v) is 3.40. The van der Waals surface area contributed by atoms with Gasteiger partial charge in [0, 0.05) is 11.6 Å². The summed E-state index contributed by atoms with van der Waals surface area (Å²) in [6.07, 6.45) is 0. The van der Waals surface area contributed by atoms with Gasteiger partial charge in [0.15, 0.2) is 12.4 Å². The molecule has 1 heterocycles. The SMILES string of the molecule is COc1ccc(C(=O)COc2cc(-c3ccccc3)[nH]n2)cc1. The maximum atomic E-state index is 12.1. The lowest BCUT2D eigenvalue weighted by molar-refractivity contribution is 0.0918. The van der Waals surface area contributed by atoms with E-state index in [0.717, 1.165) is 11.3 Å². The van der Waals surface area contributed by atoms with Crippen LogP contribution in [0.5, 0.6) is 11.6 Å². The maximum absolute atomic E-state index is 12.1. The first-order chi connectivity index (χ1) is 11.3. The quantitative estimate of drug-likeness (QED) is 0.709. The molecule has 0 aliphatic carbocycles. The summed E-state index contributed by atoms with van der Waals surface area (Å²) in [4.78, 5) is 12.1. The van der Waals surface area contributed by atoms with Crippen molar-refractivity contribution < 1.29 is 14.3 Å². The van der Waals surface area contributed by atoms with Gasteiger partial charge < -0.3 is 9.47 Å². The van der Waals surface area contributed by atoms with E-state index in [2.05, 4.69) is 10.2 Å². The first-order valence-corrected chi connectivity index (χ1v) is 7.17. The number of carbonyl (C=O) groups excluding carboxylic acids is 1. The molecule has 2 aromatic carbocycles. The lowest BCUT2D eigenvalue weighted by Crippen LogP contribution is -2.11. The van der Waals surface area contributed by atoms with E-state index in [4.69, 9.17) is 9.47 Å². The van der Waals surface area contributed by atoms with Crippen molar-refractivity contribution in [1.82, 2.24) is 10.2 Å². The minimum absolute atomic E-state index is 0.0641. The van der Waals surface area contributed by atoms with Crippen LogP contribution in [0.1, 0.15) is 10.4 Å². The number of carbonyl (C=O) groups is 1. The van der Waals surface area contributed by atoms with Crippen LogP contribution in [0.3, 0.4) is 0 Å². The van der Waals surface area contributed by atoms with Crippen molar-refractivity contribution in [3.63, 3.8) is 0 Å². The lowest BCUT2D eigenvalue weighted by Gasteiger charge is -2.03. The number of hydrogen-bond donors (Lipinski definition) is 1. The van der Waals surface area contributed by atoms with Crippen LogP contribution in [0.2, 0.25) is 0 Å². The minimum atomic E-state index is -0.114. The fourth-order valence-electron chi connectivity index (χ4n) is 2.14. The van der Waals surface area contributed by atoms with Crippen molar-refractivity contribution in [2.45, 2.75) is 0 Å². The Labute approximate surface area is 133 Å². The first-order valence-electron chi connectivity index (χ1n) is 7.17. The Morgan fingerprint density at radius 3 is 2.52 bits per heavy atom. The van der Waals surface area contributed by atoms with Gasteiger partial charge in [0.25, 0.3) is 0 Å². The lowest BCUT2D eigenvalue weighted by atomic mass is 10.1. The monoisotopic (exact) mass is 308 g/mol. The van der Waals surface area contributed by atoms with Gasteiger partial charge in [-0.25, -0.2) is 0 Å². The molecule has 3 rings (SSSR count). The normalized spacial score (nSPS) is 10.3. The van der Waals surface area contributed by atoms with Gasteiger partial charge in [-0.15, -0.1) is 5.10 Å². The fourth-order valence-corrected chi connectivity index (χ4v) is 2.14. The molecule has 0 amide bonds. The van der Waals surface area contributed by atoms with Gasteiger partial charge in [-0.05, 0) is 29.8 Å². The van der Waals surface area contributed by atoms with Gasteiger partial charge in [0.2, 0.25) is 5.88 Å². The summed E-state index contributed by atoms with van der Waals surface area (Å²) in [5.74, 6) is 0.991. The van der Waals surface area contributed by atoms with E-state index in [1.54, 1.807) is 37.4 Å². The Bertz CT molecular complexity index is 780. The first kappa shape index (κ1) is 14.8. The Morgan fingerprint density at radius 1 is 1.09 bits per heavy atom. The number of benzene rings is 2. The molecule has 5 heteroatoms. The molecule has 0 unspecified atom stereocenters. The Morgan fingerprint density at radius 2 is 1.83 bits per heavy atom. The highest BCUT2D eigenvalue weighted by Gasteiger charge is 2.09. The maximum Gasteiger partial charge on any atom is 0.233 e. The minimum Gasteiger partial charge on any atom is -0.497 e. The smallest absolute Gasteiger partial charge is 0.233 e. The predicted molar refractivity (Wildman–Crippen MR) is 86.8 cm³/mol. The number of ketones is 1. The molecule has 5 nitrogen and oxygen atoms in total. The van der Waals surface area contributed by atoms with Crippen LogP contribution >= 0.6 is 0 Å². The number of aromatic amines is 1. The van der Waals surface area contributed by atoms with E-state index in [-0.39, 0.29) is 12.4 Å². The molecule has 0 aliphatic heterocycles. The van der Waals surface area contributed by atoms with E-state index in [9.17, 15) is 4.79 Å². The number of nitrogens with one attached hydrogen (secondary N) is 1. The molecule has 0 atom stereocenters. The molecular formula is C18H16N2O3. The fraction of sp³-hybridized carbons (Fsp3) is 0.111. The largest absolute Gasteiger partial charge is 0.497 e. The van der Waals surface area contributed by atoms with Crippen LogP contribution in [0, 0.1) is 0 Å². The summed E-state index contributed by atoms with van der Waals surface area (Å²) < 4.78 is 10.5. The van der Waals surface area contributed by atoms with Crippen molar-refractivity contribution in [3.05, 3.63) is 66.2 Å². The molecule has 3 aromatic rings. The molecule has 0 saturated carbocycles. The Kier molecular flexibility index (Phi) is 4.38. The van der Waals surface area contributed by atoms with Crippen LogP contribution < -0.4 is 9.47 Å². The average molecular weight is 308 g/mol. The van der Waals surface area contributed by atoms with E-state index in [0.29, 0.717) is 17.2 Å². The zero-order valence-electron chi connectivity index (χ0n) is 12.7. The molecule has 0 radical (unpaired) electrons. The summed E-state index contributed by atoms with van der Waals surface area (Å²) in [6.45, 7) is -0.0641. The van der Waals surface area contributed by atoms with Gasteiger partial charge in [0.1, 0.15) is 5.75 Å². The van der Waals surface area contributed by atoms with Gasteiger partial charge in [-0.3, -0.25) is 9.89 Å². The summed E-state index contributed by atoms with van der Waals surface area (Å²) in [5, 5.41) is 6.96. The number of Topliss-reactive ketones (excluding diaryl/α,β-unsaturated/α-hetero) is 1. The van der Waals surface area contributed by atoms with Crippen LogP contribution in [0.4, 0.5) is 0 Å². The number of ether oxygens (including phenoxy) is 2. The van der Waals surface area contributed by atoms with Crippen LogP contribution in [0.25, 0.3) is 11.3 Å². The van der Waals surface area contributed by atoms with Crippen molar-refractivity contribution in [2.75, 3.05) is 13.7 Å². The summed E-state index contributed by atoms with van der Waals surface area (Å²) in [7, 11) is 1.59. The van der Waals surface area contributed by atoms with Crippen LogP contribution in [0.15, 0.2) is 60.7 Å². The van der Waals surface area contributed by atoms with E-state index in [1.165, 1.54) is 0 Å². The number of hydrogen-bond acceptors (Lipinski definition) is 4. The number of aromatic nitrogens is 2. The molecule has 0 fully saturated rings. The molecule has 23 heavy (non-hydrogen) atoms. The highest BCUT2D eigenvalue weighted by molar-refractivity contribution is 5.97. The summed E-state index contributed by atoms with van der Waals surface area (Å²) in [6, 6.07) is 18.5. The molecule has 0 spiro atoms. The highest BCUT2D eigenvalue weighted by Crippen LogP contribution is 2.20. The van der Waals surface area contributed by atoms with Crippen LogP contribution in [-0.2, 0) is 0 Å². The van der Waals surface area contributed by atoms with E-state index >= 15 is 0 Å². The third-order valence-electron chi connectivity index (χ3n) is 3.40. The molecule has 0 aliphatic rings. The Balaban J connectivity index is 1.62. The standard InChI is InChI=1S/C18H16N2O3/c1-22-15-9-7-14(8-10-15)17(21)12-23-18-11-16(19-20-18)13-5-3-2-4-6-13/h2-11H,12H2,1H3,(H,19,20). The Hall–Kier alpha value is -3.08. The van der Waals surface area contributed by atoms with E-state index in [1.807, 2.05) is 30.3 Å². The van der Waals surface area contributed by atoms with Crippen molar-refractivity contribution in [2.24, 2.45) is 0 Å². The molecule has 116 valence electrons. The van der Waals surface area contributed by atoms with Gasteiger partial charge in [-0.2, -0.15) is 0 Å². The van der Waals surface area contributed by atoms with E-state index < -0.39 is 0 Å². The zero-order chi connectivity index (χ0) is 16.1. The topological polar surface area (TPSA) is 64.2 Å². The molecule has 1 N–H and O–H groups in total. The number of methoxy groups -OCH3 is 1. The third kappa shape index (κ3) is 3.58. The molecular weight excluding hydrogens is 292 g/mol. The highest BCUT2D eigenvalue weighted by atomic mass is 16.5. The summed E-state index contributed by atoms with van der Waals surface area (Å²) in [5.41, 5.74) is 2.43. The zero-order valence-corrected chi connectivity index (χ0v) is 12.7. The second-order valence-corrected chi connectivity index (χ2v) is 4.93. The number of nitrogens with zero attached hydrogens (tertiary/aromatic N) is 1. The van der Waals surface area contributed by atoms with Crippen LogP contribution in [-0.4, -0.2) is 29.7 Å². The second-order valence-electron chi connectivity index (χ2n) is 4.93.